The van der Waals surface area contributed by atoms with Gasteiger partial charge in [-0.05, 0) is 51.3 Å². The Morgan fingerprint density at radius 2 is 1.57 bits per heavy atom. The smallest absolute Gasteiger partial charge is 0.408 e. The SMILES string of the molecule is C#Cc1ccccc1C(C(=O)NCc1ccccc1)N(CCCCCCCC)C(=O)C(C)NC(=O)OC(C)(C)C. The van der Waals surface area contributed by atoms with E-state index in [1.165, 1.54) is 6.42 Å². The Balaban J connectivity index is 2.39. The van der Waals surface area contributed by atoms with Gasteiger partial charge in [0.25, 0.3) is 0 Å². The molecule has 216 valence electrons. The minimum absolute atomic E-state index is 0.305. The van der Waals surface area contributed by atoms with E-state index >= 15 is 0 Å². The highest BCUT2D eigenvalue weighted by molar-refractivity contribution is 5.92. The number of carbonyl (C=O) groups excluding carboxylic acids is 3. The van der Waals surface area contributed by atoms with E-state index in [4.69, 9.17) is 11.2 Å². The van der Waals surface area contributed by atoms with Crippen LogP contribution in [0.4, 0.5) is 4.79 Å². The normalized spacial score (nSPS) is 12.5. The molecule has 0 aliphatic rings. The lowest BCUT2D eigenvalue weighted by atomic mass is 9.97. The van der Waals surface area contributed by atoms with Gasteiger partial charge in [0.1, 0.15) is 17.7 Å². The molecule has 0 heterocycles. The van der Waals surface area contributed by atoms with Crippen LogP contribution >= 0.6 is 0 Å². The van der Waals surface area contributed by atoms with Gasteiger partial charge in [-0.3, -0.25) is 9.59 Å². The summed E-state index contributed by atoms with van der Waals surface area (Å²) in [5.74, 6) is 1.95. The Morgan fingerprint density at radius 3 is 2.23 bits per heavy atom. The van der Waals surface area contributed by atoms with E-state index in [-0.39, 0.29) is 11.8 Å². The van der Waals surface area contributed by atoms with Crippen LogP contribution in [0.5, 0.6) is 0 Å². The summed E-state index contributed by atoms with van der Waals surface area (Å²) in [5, 5.41) is 5.64. The van der Waals surface area contributed by atoms with Crippen molar-refractivity contribution in [2.24, 2.45) is 0 Å². The largest absolute Gasteiger partial charge is 0.444 e. The zero-order valence-electron chi connectivity index (χ0n) is 24.7. The standard InChI is InChI=1S/C33H45N3O4/c1-7-9-10-11-12-18-23-36(31(38)25(3)35-32(39)40-33(4,5)6)29(28-22-17-16-21-27(28)8-2)30(37)34-24-26-19-14-13-15-20-26/h2,13-17,19-22,25,29H,7,9-12,18,23-24H2,1,3-6H3,(H,34,37)(H,35,39). The quantitative estimate of drug-likeness (QED) is 0.220. The molecule has 7 heteroatoms. The number of ether oxygens (including phenoxy) is 1. The summed E-state index contributed by atoms with van der Waals surface area (Å²) < 4.78 is 5.36. The Morgan fingerprint density at radius 1 is 0.950 bits per heavy atom. The van der Waals surface area contributed by atoms with E-state index in [1.54, 1.807) is 44.7 Å². The highest BCUT2D eigenvalue weighted by Crippen LogP contribution is 2.26. The van der Waals surface area contributed by atoms with E-state index < -0.39 is 23.8 Å². The summed E-state index contributed by atoms with van der Waals surface area (Å²) in [7, 11) is 0. The van der Waals surface area contributed by atoms with Crippen molar-refractivity contribution in [2.75, 3.05) is 6.54 Å². The third-order valence-electron chi connectivity index (χ3n) is 6.42. The van der Waals surface area contributed by atoms with Gasteiger partial charge in [-0.1, -0.05) is 93.5 Å². The molecule has 0 aliphatic heterocycles. The van der Waals surface area contributed by atoms with E-state index in [0.717, 1.165) is 37.7 Å². The fourth-order valence-corrected chi connectivity index (χ4v) is 4.42. The molecule has 0 saturated heterocycles. The van der Waals surface area contributed by atoms with Crippen LogP contribution in [0, 0.1) is 12.3 Å². The second-order valence-corrected chi connectivity index (χ2v) is 11.0. The number of terminal acetylenes is 1. The van der Waals surface area contributed by atoms with E-state index in [9.17, 15) is 14.4 Å². The number of nitrogens with one attached hydrogen (secondary N) is 2. The molecule has 2 atom stereocenters. The number of hydrogen-bond acceptors (Lipinski definition) is 4. The Bertz CT molecular complexity index is 1130. The van der Waals surface area contributed by atoms with Gasteiger partial charge in [0, 0.05) is 18.7 Å². The van der Waals surface area contributed by atoms with Crippen molar-refractivity contribution in [3.63, 3.8) is 0 Å². The number of rotatable bonds is 14. The Hall–Kier alpha value is -3.79. The number of unbranched alkanes of at least 4 members (excludes halogenated alkanes) is 5. The molecule has 0 aliphatic carbocycles. The first-order valence-corrected chi connectivity index (χ1v) is 14.2. The monoisotopic (exact) mass is 547 g/mol. The maximum atomic E-state index is 13.9. The molecule has 2 aromatic rings. The minimum Gasteiger partial charge on any atom is -0.444 e. The first-order valence-electron chi connectivity index (χ1n) is 14.2. The molecule has 7 nitrogen and oxygen atoms in total. The first-order chi connectivity index (χ1) is 19.1. The molecule has 2 N–H and O–H groups in total. The summed E-state index contributed by atoms with van der Waals surface area (Å²) >= 11 is 0. The summed E-state index contributed by atoms with van der Waals surface area (Å²) in [4.78, 5) is 41.8. The van der Waals surface area contributed by atoms with E-state index in [1.807, 2.05) is 42.5 Å². The second-order valence-electron chi connectivity index (χ2n) is 11.0. The predicted octanol–water partition coefficient (Wildman–Crippen LogP) is 6.13. The highest BCUT2D eigenvalue weighted by atomic mass is 16.6. The van der Waals surface area contributed by atoms with Crippen LogP contribution in [0.3, 0.4) is 0 Å². The van der Waals surface area contributed by atoms with E-state index in [0.29, 0.717) is 24.2 Å². The summed E-state index contributed by atoms with van der Waals surface area (Å²) in [6, 6.07) is 14.9. The van der Waals surface area contributed by atoms with Gasteiger partial charge in [0.05, 0.1) is 0 Å². The van der Waals surface area contributed by atoms with Crippen LogP contribution in [0.25, 0.3) is 0 Å². The fraction of sp³-hybridized carbons (Fsp3) is 0.485. The molecule has 0 aromatic heterocycles. The van der Waals surface area contributed by atoms with Gasteiger partial charge in [0.2, 0.25) is 11.8 Å². The van der Waals surface area contributed by atoms with Crippen LogP contribution in [0.1, 0.15) is 95.9 Å². The van der Waals surface area contributed by atoms with Crippen LogP contribution in [0.2, 0.25) is 0 Å². The topological polar surface area (TPSA) is 87.7 Å². The number of nitrogens with zero attached hydrogens (tertiary/aromatic N) is 1. The van der Waals surface area contributed by atoms with Crippen molar-refractivity contribution in [3.8, 4) is 12.3 Å². The third-order valence-corrected chi connectivity index (χ3v) is 6.42. The zero-order valence-corrected chi connectivity index (χ0v) is 24.7. The minimum atomic E-state index is -0.970. The van der Waals surface area contributed by atoms with Crippen LogP contribution in [-0.4, -0.2) is 41.0 Å². The Kier molecular flexibility index (Phi) is 13.2. The molecule has 2 rings (SSSR count). The summed E-state index contributed by atoms with van der Waals surface area (Å²) in [6.45, 7) is 9.69. The van der Waals surface area contributed by atoms with Gasteiger partial charge < -0.3 is 20.3 Å². The van der Waals surface area contributed by atoms with Gasteiger partial charge in [-0.15, -0.1) is 6.42 Å². The molecule has 2 unspecified atom stereocenters. The number of hydrogen-bond donors (Lipinski definition) is 2. The molecule has 3 amide bonds. The average Bonchev–Trinajstić information content (AvgIpc) is 2.92. The van der Waals surface area contributed by atoms with Gasteiger partial charge in [-0.2, -0.15) is 0 Å². The second kappa shape index (κ2) is 16.3. The number of amides is 3. The maximum absolute atomic E-state index is 13.9. The molecule has 0 spiro atoms. The van der Waals surface area contributed by atoms with Crippen molar-refractivity contribution in [3.05, 3.63) is 71.3 Å². The molecule has 0 radical (unpaired) electrons. The molecule has 0 bridgehead atoms. The van der Waals surface area contributed by atoms with Crippen LogP contribution < -0.4 is 10.6 Å². The summed E-state index contributed by atoms with van der Waals surface area (Å²) in [5.41, 5.74) is 1.33. The molecule has 40 heavy (non-hydrogen) atoms. The predicted molar refractivity (Wildman–Crippen MR) is 159 cm³/mol. The third kappa shape index (κ3) is 10.8. The number of carbonyl (C=O) groups is 3. The Labute approximate surface area is 240 Å². The highest BCUT2D eigenvalue weighted by Gasteiger charge is 2.35. The van der Waals surface area contributed by atoms with Gasteiger partial charge in [0.15, 0.2) is 0 Å². The van der Waals surface area contributed by atoms with Crippen molar-refractivity contribution in [1.29, 1.82) is 0 Å². The lowest BCUT2D eigenvalue weighted by Crippen LogP contribution is -2.52. The summed E-state index contributed by atoms with van der Waals surface area (Å²) in [6.07, 6.45) is 11.3. The van der Waals surface area contributed by atoms with Gasteiger partial charge >= 0.3 is 6.09 Å². The molecule has 2 aromatic carbocycles. The number of alkyl carbamates (subject to hydrolysis) is 1. The van der Waals surface area contributed by atoms with Crippen molar-refractivity contribution in [1.82, 2.24) is 15.5 Å². The molecular weight excluding hydrogens is 502 g/mol. The van der Waals surface area contributed by atoms with Crippen molar-refractivity contribution >= 4 is 17.9 Å². The van der Waals surface area contributed by atoms with Crippen molar-refractivity contribution in [2.45, 2.75) is 97.4 Å². The molecule has 0 fully saturated rings. The maximum Gasteiger partial charge on any atom is 0.408 e. The molecule has 0 saturated carbocycles. The van der Waals surface area contributed by atoms with Gasteiger partial charge in [-0.25, -0.2) is 4.79 Å². The molecular formula is C33H45N3O4. The van der Waals surface area contributed by atoms with Crippen LogP contribution in [0.15, 0.2) is 54.6 Å². The lowest BCUT2D eigenvalue weighted by molar-refractivity contribution is -0.142. The van der Waals surface area contributed by atoms with Crippen LogP contribution in [-0.2, 0) is 20.9 Å². The zero-order chi connectivity index (χ0) is 29.5. The average molecular weight is 548 g/mol. The number of benzene rings is 2. The first kappa shape index (κ1) is 32.4. The lowest BCUT2D eigenvalue weighted by Gasteiger charge is -2.34. The van der Waals surface area contributed by atoms with E-state index in [2.05, 4.69) is 23.5 Å². The van der Waals surface area contributed by atoms with Crippen molar-refractivity contribution < 1.29 is 19.1 Å². The fourth-order valence-electron chi connectivity index (χ4n) is 4.42.